The Morgan fingerprint density at radius 3 is 2.53 bits per heavy atom. The van der Waals surface area contributed by atoms with Gasteiger partial charge in [-0.2, -0.15) is 5.26 Å². The fraction of sp³-hybridized carbons (Fsp3) is 0.862. The van der Waals surface area contributed by atoms with Crippen molar-refractivity contribution in [3.8, 4) is 6.07 Å². The van der Waals surface area contributed by atoms with Gasteiger partial charge in [-0.15, -0.1) is 0 Å². The number of nitriles is 1. The predicted octanol–water partition coefficient (Wildman–Crippen LogP) is 2.10. The Hall–Kier alpha value is -1.54. The fourth-order valence-corrected chi connectivity index (χ4v) is 9.69. The molecule has 0 radical (unpaired) electrons. The third-order valence-electron chi connectivity index (χ3n) is 11.8. The Morgan fingerprint density at radius 1 is 1.08 bits per heavy atom. The van der Waals surface area contributed by atoms with E-state index in [0.717, 1.165) is 24.8 Å². The Labute approximate surface area is 223 Å². The van der Waals surface area contributed by atoms with E-state index >= 15 is 0 Å². The minimum absolute atomic E-state index is 0.0784. The number of rotatable bonds is 3. The van der Waals surface area contributed by atoms with Crippen molar-refractivity contribution in [2.24, 2.45) is 28.6 Å². The van der Waals surface area contributed by atoms with Gasteiger partial charge in [0.15, 0.2) is 6.29 Å². The van der Waals surface area contributed by atoms with Gasteiger partial charge in [0.25, 0.3) is 0 Å². The first-order valence-corrected chi connectivity index (χ1v) is 14.4. The van der Waals surface area contributed by atoms with Crippen molar-refractivity contribution in [2.45, 2.75) is 120 Å². The van der Waals surface area contributed by atoms with Gasteiger partial charge in [-0.3, -0.25) is 0 Å². The second-order valence-electron chi connectivity index (χ2n) is 13.2. The highest BCUT2D eigenvalue weighted by atomic mass is 16.7. The zero-order valence-electron chi connectivity index (χ0n) is 22.3. The maximum Gasteiger partial charge on any atom is 0.331 e. The number of carbonyl (C=O) groups excluding carboxylic acids is 1. The molecule has 0 spiro atoms. The maximum absolute atomic E-state index is 12.4. The molecule has 38 heavy (non-hydrogen) atoms. The van der Waals surface area contributed by atoms with Crippen LogP contribution in [0.4, 0.5) is 0 Å². The molecule has 5 fully saturated rings. The van der Waals surface area contributed by atoms with Gasteiger partial charge in [0.2, 0.25) is 0 Å². The van der Waals surface area contributed by atoms with Gasteiger partial charge in [-0.25, -0.2) is 4.79 Å². The predicted molar refractivity (Wildman–Crippen MR) is 133 cm³/mol. The fourth-order valence-electron chi connectivity index (χ4n) is 9.69. The molecular weight excluding hydrogens is 490 g/mol. The third-order valence-corrected chi connectivity index (χ3v) is 11.8. The van der Waals surface area contributed by atoms with Crippen LogP contribution >= 0.6 is 0 Å². The second kappa shape index (κ2) is 8.98. The van der Waals surface area contributed by atoms with Crippen molar-refractivity contribution in [3.05, 3.63) is 11.6 Å². The summed E-state index contributed by atoms with van der Waals surface area (Å²) in [5.41, 5.74) is -2.59. The number of carbonyl (C=O) groups is 1. The molecule has 0 unspecified atom stereocenters. The molecule has 12 atom stereocenters. The first-order valence-electron chi connectivity index (χ1n) is 14.4. The quantitative estimate of drug-likeness (QED) is 0.317. The molecule has 2 heterocycles. The van der Waals surface area contributed by atoms with E-state index in [2.05, 4.69) is 13.0 Å². The summed E-state index contributed by atoms with van der Waals surface area (Å²) in [6.45, 7) is 4.14. The summed E-state index contributed by atoms with van der Waals surface area (Å²) in [5.74, 6) is -0.449. The number of esters is 1. The lowest BCUT2D eigenvalue weighted by atomic mass is 9.41. The van der Waals surface area contributed by atoms with E-state index in [1.807, 2.05) is 0 Å². The molecule has 0 aromatic carbocycles. The Morgan fingerprint density at radius 2 is 1.84 bits per heavy atom. The van der Waals surface area contributed by atoms with Crippen molar-refractivity contribution in [1.29, 1.82) is 5.26 Å². The van der Waals surface area contributed by atoms with E-state index in [-0.39, 0.29) is 36.2 Å². The molecule has 9 heteroatoms. The molecule has 6 aliphatic rings. The normalized spacial score (nSPS) is 54.2. The summed E-state index contributed by atoms with van der Waals surface area (Å²) in [6.07, 6.45) is 3.63. The number of cyclic esters (lactones) is 1. The van der Waals surface area contributed by atoms with Crippen LogP contribution in [0.5, 0.6) is 0 Å². The first kappa shape index (κ1) is 26.7. The average Bonchev–Trinajstić information content (AvgIpc) is 3.41. The number of nitrogens with zero attached hydrogens (tertiary/aromatic N) is 1. The van der Waals surface area contributed by atoms with Crippen LogP contribution in [0.1, 0.15) is 78.1 Å². The van der Waals surface area contributed by atoms with Crippen molar-refractivity contribution >= 4 is 5.97 Å². The average molecular weight is 532 g/mol. The monoisotopic (exact) mass is 531 g/mol. The lowest BCUT2D eigenvalue weighted by Gasteiger charge is -2.64. The van der Waals surface area contributed by atoms with Crippen molar-refractivity contribution in [2.75, 3.05) is 6.61 Å². The smallest absolute Gasteiger partial charge is 0.331 e. The molecule has 0 aromatic heterocycles. The van der Waals surface area contributed by atoms with Crippen LogP contribution in [0, 0.1) is 39.9 Å². The second-order valence-corrected chi connectivity index (χ2v) is 13.2. The summed E-state index contributed by atoms with van der Waals surface area (Å²) >= 11 is 0. The zero-order chi connectivity index (χ0) is 27.1. The number of aliphatic hydroxyl groups excluding tert-OH is 2. The number of ether oxygens (including phenoxy) is 3. The van der Waals surface area contributed by atoms with Gasteiger partial charge >= 0.3 is 5.97 Å². The SMILES string of the molecule is C[C@@H]1O[C@H](O[C@@H]2CC[C@]3(C#N)[C@H]4CC[C@]5(C)[C@H](C6=CC(=O)OC6)CC[C@]5(O)[C@@H]4CC[C@]3(O)C2)C[C@H](O)[C@@H]1O. The van der Waals surface area contributed by atoms with Gasteiger partial charge in [0.1, 0.15) is 12.7 Å². The molecule has 9 nitrogen and oxygen atoms in total. The Bertz CT molecular complexity index is 1050. The van der Waals surface area contributed by atoms with E-state index in [0.29, 0.717) is 45.1 Å². The summed E-state index contributed by atoms with van der Waals surface area (Å²) in [7, 11) is 0. The van der Waals surface area contributed by atoms with E-state index in [1.165, 1.54) is 0 Å². The molecule has 6 rings (SSSR count). The topological polar surface area (TPSA) is 149 Å². The van der Waals surface area contributed by atoms with Crippen LogP contribution in [0.15, 0.2) is 11.6 Å². The molecular formula is C29H41NO8. The number of aliphatic hydroxyl groups is 4. The minimum Gasteiger partial charge on any atom is -0.458 e. The van der Waals surface area contributed by atoms with Crippen molar-refractivity contribution in [1.82, 2.24) is 0 Å². The summed E-state index contributed by atoms with van der Waals surface area (Å²) in [6, 6.07) is 2.59. The highest BCUT2D eigenvalue weighted by molar-refractivity contribution is 5.85. The zero-order valence-corrected chi connectivity index (χ0v) is 22.3. The number of hydrogen-bond acceptors (Lipinski definition) is 9. The van der Waals surface area contributed by atoms with Gasteiger partial charge in [0, 0.05) is 24.3 Å². The van der Waals surface area contributed by atoms with Crippen LogP contribution in [0.25, 0.3) is 0 Å². The van der Waals surface area contributed by atoms with Crippen molar-refractivity contribution < 1.29 is 39.4 Å². The summed E-state index contributed by atoms with van der Waals surface area (Å²) in [5, 5.41) is 55.2. The molecule has 0 aromatic rings. The molecule has 4 saturated carbocycles. The van der Waals surface area contributed by atoms with Crippen LogP contribution < -0.4 is 0 Å². The summed E-state index contributed by atoms with van der Waals surface area (Å²) in [4.78, 5) is 11.8. The van der Waals surface area contributed by atoms with Crippen LogP contribution in [-0.2, 0) is 19.0 Å². The molecule has 0 amide bonds. The standard InChI is InChI=1S/C29H41NO8/c1-16-25(33)22(31)12-24(37-16)38-18-3-8-27(15-30)20-4-7-26(2)19(17-11-23(32)36-14-17)6-10-29(26,35)21(20)5-9-28(27,34)13-18/h11,16,18-22,24-25,31,33-35H,3-10,12-14H2,1-2H3/t16-,18+,19-,20-,21+,22-,24+,25+,26+,27-,28-,29-/m0/s1. The Balaban J connectivity index is 1.22. The molecule has 4 aliphatic carbocycles. The number of fused-ring (bicyclic) bond motifs is 5. The largest absolute Gasteiger partial charge is 0.458 e. The first-order chi connectivity index (χ1) is 18.0. The minimum atomic E-state index is -1.24. The highest BCUT2D eigenvalue weighted by Gasteiger charge is 2.72. The number of hydrogen-bond donors (Lipinski definition) is 4. The van der Waals surface area contributed by atoms with Gasteiger partial charge in [-0.1, -0.05) is 6.92 Å². The van der Waals surface area contributed by atoms with Gasteiger partial charge < -0.3 is 34.6 Å². The molecule has 2 aliphatic heterocycles. The van der Waals surface area contributed by atoms with E-state index in [1.54, 1.807) is 13.0 Å². The molecule has 0 bridgehead atoms. The van der Waals surface area contributed by atoms with Crippen molar-refractivity contribution in [3.63, 3.8) is 0 Å². The maximum atomic E-state index is 12.4. The van der Waals surface area contributed by atoms with Gasteiger partial charge in [0.05, 0.1) is 41.0 Å². The molecule has 4 N–H and O–H groups in total. The van der Waals surface area contributed by atoms with Crippen LogP contribution in [-0.4, -0.2) is 74.9 Å². The Kier molecular flexibility index (Phi) is 6.31. The van der Waals surface area contributed by atoms with E-state index in [9.17, 15) is 30.5 Å². The summed E-state index contributed by atoms with van der Waals surface area (Å²) < 4.78 is 17.2. The van der Waals surface area contributed by atoms with Crippen LogP contribution in [0.3, 0.4) is 0 Å². The highest BCUT2D eigenvalue weighted by Crippen LogP contribution is 2.70. The lowest BCUT2D eigenvalue weighted by molar-refractivity contribution is -0.284. The van der Waals surface area contributed by atoms with E-state index < -0.39 is 46.6 Å². The molecule has 210 valence electrons. The third kappa shape index (κ3) is 3.60. The van der Waals surface area contributed by atoms with Crippen LogP contribution in [0.2, 0.25) is 0 Å². The lowest BCUT2D eigenvalue weighted by Crippen LogP contribution is -2.68. The van der Waals surface area contributed by atoms with Gasteiger partial charge in [-0.05, 0) is 81.6 Å². The van der Waals surface area contributed by atoms with E-state index in [4.69, 9.17) is 14.2 Å². The molecule has 1 saturated heterocycles.